The molecule has 18 heavy (non-hydrogen) atoms. The molecule has 0 aliphatic rings. The molecule has 0 aliphatic carbocycles. The average Bonchev–Trinajstić information content (AvgIpc) is 2.40. The summed E-state index contributed by atoms with van der Waals surface area (Å²) < 4.78 is 24.3. The number of carbonyl (C=O) groups is 1. The van der Waals surface area contributed by atoms with Gasteiger partial charge in [-0.25, -0.2) is 18.2 Å². The van der Waals surface area contributed by atoms with Crippen molar-refractivity contribution in [3.8, 4) is 0 Å². The zero-order chi connectivity index (χ0) is 13.2. The summed E-state index contributed by atoms with van der Waals surface area (Å²) in [5, 5.41) is 8.68. The van der Waals surface area contributed by atoms with Crippen LogP contribution in [0.1, 0.15) is 10.5 Å². The summed E-state index contributed by atoms with van der Waals surface area (Å²) in [6.45, 7) is 0. The van der Waals surface area contributed by atoms with E-state index in [0.29, 0.717) is 0 Å². The Balaban J connectivity index is 2.46. The van der Waals surface area contributed by atoms with E-state index in [1.165, 1.54) is 18.2 Å². The molecule has 0 unspecified atom stereocenters. The lowest BCUT2D eigenvalue weighted by Crippen LogP contribution is -2.05. The smallest absolute Gasteiger partial charge is 0.354 e. The third kappa shape index (κ3) is 2.23. The maximum Gasteiger partial charge on any atom is 0.354 e. The van der Waals surface area contributed by atoms with E-state index in [0.717, 1.165) is 12.3 Å². The molecule has 0 atom stereocenters. The van der Waals surface area contributed by atoms with E-state index in [1.807, 2.05) is 0 Å². The number of aromatic carboxylic acids is 1. The van der Waals surface area contributed by atoms with Crippen molar-refractivity contribution in [3.05, 3.63) is 54.4 Å². The van der Waals surface area contributed by atoms with Gasteiger partial charge >= 0.3 is 5.97 Å². The quantitative estimate of drug-likeness (QED) is 0.909. The van der Waals surface area contributed by atoms with Gasteiger partial charge in [0.1, 0.15) is 5.69 Å². The normalized spacial score (nSPS) is 11.1. The van der Waals surface area contributed by atoms with Gasteiger partial charge in [0.15, 0.2) is 0 Å². The number of hydrogen-bond acceptors (Lipinski definition) is 4. The number of rotatable bonds is 3. The Bertz CT molecular complexity index is 663. The van der Waals surface area contributed by atoms with Gasteiger partial charge in [-0.1, -0.05) is 18.2 Å². The van der Waals surface area contributed by atoms with Crippen molar-refractivity contribution in [2.75, 3.05) is 0 Å². The van der Waals surface area contributed by atoms with Gasteiger partial charge in [-0.15, -0.1) is 0 Å². The summed E-state index contributed by atoms with van der Waals surface area (Å²) in [7, 11) is -3.64. The highest BCUT2D eigenvalue weighted by Crippen LogP contribution is 2.19. The molecular weight excluding hydrogens is 254 g/mol. The van der Waals surface area contributed by atoms with Crippen LogP contribution in [-0.4, -0.2) is 24.5 Å². The van der Waals surface area contributed by atoms with Gasteiger partial charge in [0.25, 0.3) is 0 Å². The highest BCUT2D eigenvalue weighted by atomic mass is 32.2. The maximum absolute atomic E-state index is 12.1. The average molecular weight is 263 g/mol. The van der Waals surface area contributed by atoms with E-state index in [2.05, 4.69) is 4.98 Å². The molecule has 6 heteroatoms. The van der Waals surface area contributed by atoms with Crippen LogP contribution in [0, 0.1) is 0 Å². The van der Waals surface area contributed by atoms with Crippen LogP contribution in [0.25, 0.3) is 0 Å². The predicted octanol–water partition coefficient (Wildman–Crippen LogP) is 1.61. The fraction of sp³-hybridized carbons (Fsp3) is 0. The second kappa shape index (κ2) is 4.58. The second-order valence-corrected chi connectivity index (χ2v) is 5.45. The summed E-state index contributed by atoms with van der Waals surface area (Å²) in [6.07, 6.45) is 1.05. The molecule has 92 valence electrons. The van der Waals surface area contributed by atoms with Gasteiger partial charge in [-0.05, 0) is 24.3 Å². The summed E-state index contributed by atoms with van der Waals surface area (Å²) in [4.78, 5) is 14.3. The number of carboxylic acid groups (broad SMARTS) is 1. The minimum Gasteiger partial charge on any atom is -0.477 e. The van der Waals surface area contributed by atoms with Crippen LogP contribution in [0.4, 0.5) is 0 Å². The first-order valence-corrected chi connectivity index (χ1v) is 6.49. The van der Waals surface area contributed by atoms with Gasteiger partial charge in [-0.3, -0.25) is 0 Å². The fourth-order valence-corrected chi connectivity index (χ4v) is 2.63. The largest absolute Gasteiger partial charge is 0.477 e. The van der Waals surface area contributed by atoms with Crippen molar-refractivity contribution in [3.63, 3.8) is 0 Å². The zero-order valence-electron chi connectivity index (χ0n) is 9.15. The van der Waals surface area contributed by atoms with Crippen molar-refractivity contribution >= 4 is 15.8 Å². The molecule has 0 radical (unpaired) electrons. The Morgan fingerprint density at radius 1 is 1.00 bits per heavy atom. The lowest BCUT2D eigenvalue weighted by atomic mass is 10.4. The SMILES string of the molecule is O=C(O)c1ccc(S(=O)(=O)c2ccccc2)cn1. The fourth-order valence-electron chi connectivity index (χ4n) is 1.40. The van der Waals surface area contributed by atoms with Crippen LogP contribution in [0.3, 0.4) is 0 Å². The minimum atomic E-state index is -3.64. The van der Waals surface area contributed by atoms with E-state index in [4.69, 9.17) is 5.11 Å². The summed E-state index contributed by atoms with van der Waals surface area (Å²) in [6, 6.07) is 10.3. The Kier molecular flexibility index (Phi) is 3.12. The van der Waals surface area contributed by atoms with Gasteiger partial charge in [0.2, 0.25) is 9.84 Å². The zero-order valence-corrected chi connectivity index (χ0v) is 9.96. The van der Waals surface area contributed by atoms with Gasteiger partial charge < -0.3 is 5.11 Å². The third-order valence-corrected chi connectivity index (χ3v) is 4.07. The summed E-state index contributed by atoms with van der Waals surface area (Å²) in [5.41, 5.74) is -0.193. The molecular formula is C12H9NO4S. The molecule has 1 aromatic heterocycles. The third-order valence-electron chi connectivity index (χ3n) is 2.32. The summed E-state index contributed by atoms with van der Waals surface area (Å²) >= 11 is 0. The van der Waals surface area contributed by atoms with Crippen LogP contribution in [0.2, 0.25) is 0 Å². The molecule has 0 saturated carbocycles. The van der Waals surface area contributed by atoms with E-state index in [-0.39, 0.29) is 15.5 Å². The molecule has 0 bridgehead atoms. The van der Waals surface area contributed by atoms with Crippen LogP contribution in [-0.2, 0) is 9.84 Å². The van der Waals surface area contributed by atoms with Gasteiger partial charge in [0.05, 0.1) is 9.79 Å². The highest BCUT2D eigenvalue weighted by molar-refractivity contribution is 7.91. The monoisotopic (exact) mass is 263 g/mol. The Hall–Kier alpha value is -2.21. The number of carboxylic acids is 1. The van der Waals surface area contributed by atoms with Crippen LogP contribution in [0.5, 0.6) is 0 Å². The molecule has 0 fully saturated rings. The molecule has 0 spiro atoms. The van der Waals surface area contributed by atoms with Crippen molar-refractivity contribution in [1.29, 1.82) is 0 Å². The Morgan fingerprint density at radius 3 is 2.17 bits per heavy atom. The Labute approximate surface area is 104 Å². The topological polar surface area (TPSA) is 84.3 Å². The molecule has 1 N–H and O–H groups in total. The number of pyridine rings is 1. The van der Waals surface area contributed by atoms with Crippen molar-refractivity contribution in [2.24, 2.45) is 0 Å². The number of sulfone groups is 1. The van der Waals surface area contributed by atoms with E-state index >= 15 is 0 Å². The first-order valence-electron chi connectivity index (χ1n) is 5.01. The van der Waals surface area contributed by atoms with Crippen LogP contribution >= 0.6 is 0 Å². The second-order valence-electron chi connectivity index (χ2n) is 3.50. The van der Waals surface area contributed by atoms with Crippen molar-refractivity contribution in [1.82, 2.24) is 4.98 Å². The lowest BCUT2D eigenvalue weighted by molar-refractivity contribution is 0.0690. The van der Waals surface area contributed by atoms with E-state index < -0.39 is 15.8 Å². The van der Waals surface area contributed by atoms with E-state index in [9.17, 15) is 13.2 Å². The van der Waals surface area contributed by atoms with Gasteiger partial charge in [0, 0.05) is 6.20 Å². The first-order chi connectivity index (χ1) is 8.51. The molecule has 1 heterocycles. The molecule has 0 amide bonds. The number of benzene rings is 1. The molecule has 2 aromatic rings. The molecule has 0 saturated heterocycles. The Morgan fingerprint density at radius 2 is 1.67 bits per heavy atom. The number of hydrogen-bond donors (Lipinski definition) is 1. The molecule has 0 aliphatic heterocycles. The van der Waals surface area contributed by atoms with Crippen LogP contribution < -0.4 is 0 Å². The van der Waals surface area contributed by atoms with E-state index in [1.54, 1.807) is 18.2 Å². The first kappa shape index (κ1) is 12.3. The lowest BCUT2D eigenvalue weighted by Gasteiger charge is -2.03. The number of aromatic nitrogens is 1. The standard InChI is InChI=1S/C12H9NO4S/c14-12(15)11-7-6-10(8-13-11)18(16,17)9-4-2-1-3-5-9/h1-8H,(H,14,15). The summed E-state index contributed by atoms with van der Waals surface area (Å²) in [5.74, 6) is -1.20. The van der Waals surface area contributed by atoms with Gasteiger partial charge in [-0.2, -0.15) is 0 Å². The minimum absolute atomic E-state index is 0.0290. The predicted molar refractivity (Wildman–Crippen MR) is 63.1 cm³/mol. The van der Waals surface area contributed by atoms with Crippen molar-refractivity contribution in [2.45, 2.75) is 9.79 Å². The molecule has 5 nitrogen and oxygen atoms in total. The highest BCUT2D eigenvalue weighted by Gasteiger charge is 2.18. The molecule has 2 rings (SSSR count). The maximum atomic E-state index is 12.1. The van der Waals surface area contributed by atoms with Crippen molar-refractivity contribution < 1.29 is 18.3 Å². The number of nitrogens with zero attached hydrogens (tertiary/aromatic N) is 1. The molecule has 1 aromatic carbocycles. The van der Waals surface area contributed by atoms with Crippen LogP contribution in [0.15, 0.2) is 58.5 Å².